The molecule has 118 valence electrons. The van der Waals surface area contributed by atoms with E-state index in [2.05, 4.69) is 17.6 Å². The highest BCUT2D eigenvalue weighted by molar-refractivity contribution is 6.42. The van der Waals surface area contributed by atoms with E-state index in [9.17, 15) is 9.90 Å². The lowest BCUT2D eigenvalue weighted by molar-refractivity contribution is -0.122. The Labute approximate surface area is 135 Å². The van der Waals surface area contributed by atoms with Gasteiger partial charge < -0.3 is 15.7 Å². The summed E-state index contributed by atoms with van der Waals surface area (Å²) in [7, 11) is 0. The van der Waals surface area contributed by atoms with Gasteiger partial charge in [0.25, 0.3) is 0 Å². The number of aliphatic hydroxyl groups excluding tert-OH is 1. The molecule has 1 amide bonds. The van der Waals surface area contributed by atoms with E-state index >= 15 is 0 Å². The highest BCUT2D eigenvalue weighted by Gasteiger charge is 2.17. The molecule has 0 fully saturated rings. The van der Waals surface area contributed by atoms with E-state index in [0.29, 0.717) is 10.0 Å². The van der Waals surface area contributed by atoms with Gasteiger partial charge in [0, 0.05) is 5.69 Å². The van der Waals surface area contributed by atoms with Gasteiger partial charge in [0.05, 0.1) is 22.7 Å². The van der Waals surface area contributed by atoms with E-state index in [1.54, 1.807) is 25.1 Å². The van der Waals surface area contributed by atoms with Crippen molar-refractivity contribution >= 4 is 34.8 Å². The average molecular weight is 333 g/mol. The number of amides is 1. The fraction of sp³-hybridized carbons (Fsp3) is 0.533. The Balaban J connectivity index is 2.55. The lowest BCUT2D eigenvalue weighted by atomic mass is 10.1. The van der Waals surface area contributed by atoms with Gasteiger partial charge in [-0.05, 0) is 31.5 Å². The van der Waals surface area contributed by atoms with Crippen LogP contribution < -0.4 is 10.6 Å². The maximum atomic E-state index is 12.1. The smallest absolute Gasteiger partial charge is 0.242 e. The minimum Gasteiger partial charge on any atom is -0.394 e. The molecule has 2 atom stereocenters. The van der Waals surface area contributed by atoms with E-state index in [1.165, 1.54) is 0 Å². The molecule has 1 aromatic rings. The molecule has 0 radical (unpaired) electrons. The molecule has 0 aliphatic carbocycles. The van der Waals surface area contributed by atoms with Gasteiger partial charge in [0.2, 0.25) is 5.91 Å². The fourth-order valence-electron chi connectivity index (χ4n) is 1.89. The Morgan fingerprint density at radius 3 is 2.62 bits per heavy atom. The van der Waals surface area contributed by atoms with Crippen LogP contribution in [-0.4, -0.2) is 29.7 Å². The Morgan fingerprint density at radius 2 is 2.05 bits per heavy atom. The van der Waals surface area contributed by atoms with E-state index < -0.39 is 6.04 Å². The second-order valence-electron chi connectivity index (χ2n) is 5.03. The molecule has 3 N–H and O–H groups in total. The van der Waals surface area contributed by atoms with Crippen molar-refractivity contribution in [1.82, 2.24) is 5.32 Å². The predicted molar refractivity (Wildman–Crippen MR) is 88.1 cm³/mol. The molecule has 1 rings (SSSR count). The Hall–Kier alpha value is -0.970. The summed E-state index contributed by atoms with van der Waals surface area (Å²) in [6.07, 6.45) is 2.78. The summed E-state index contributed by atoms with van der Waals surface area (Å²) in [6, 6.07) is 4.48. The number of rotatable bonds is 8. The van der Waals surface area contributed by atoms with Crippen LogP contribution in [0.2, 0.25) is 10.0 Å². The minimum absolute atomic E-state index is 0.0504. The average Bonchev–Trinajstić information content (AvgIpc) is 2.46. The first-order valence-electron chi connectivity index (χ1n) is 7.10. The zero-order valence-corrected chi connectivity index (χ0v) is 13.8. The molecule has 0 saturated carbocycles. The quantitative estimate of drug-likeness (QED) is 0.683. The monoisotopic (exact) mass is 332 g/mol. The van der Waals surface area contributed by atoms with Crippen LogP contribution in [0.4, 0.5) is 5.69 Å². The first-order chi connectivity index (χ1) is 9.97. The van der Waals surface area contributed by atoms with Crippen LogP contribution in [0.15, 0.2) is 18.2 Å². The van der Waals surface area contributed by atoms with Crippen molar-refractivity contribution in [1.29, 1.82) is 0 Å². The van der Waals surface area contributed by atoms with Crippen molar-refractivity contribution in [3.63, 3.8) is 0 Å². The Kier molecular flexibility index (Phi) is 7.86. The van der Waals surface area contributed by atoms with Crippen LogP contribution in [0.3, 0.4) is 0 Å². The van der Waals surface area contributed by atoms with Crippen LogP contribution in [0, 0.1) is 0 Å². The number of anilines is 1. The molecule has 4 nitrogen and oxygen atoms in total. The normalized spacial score (nSPS) is 13.6. The lowest BCUT2D eigenvalue weighted by Crippen LogP contribution is -2.44. The summed E-state index contributed by atoms with van der Waals surface area (Å²) in [5.41, 5.74) is 0.723. The molecule has 0 bridgehead atoms. The molecule has 0 aromatic heterocycles. The molecule has 6 heteroatoms. The second kappa shape index (κ2) is 9.13. The zero-order valence-electron chi connectivity index (χ0n) is 12.3. The molecular formula is C15H22Cl2N2O2. The molecule has 0 aliphatic rings. The topological polar surface area (TPSA) is 61.4 Å². The van der Waals surface area contributed by atoms with Gasteiger partial charge in [0.15, 0.2) is 0 Å². The van der Waals surface area contributed by atoms with E-state index in [4.69, 9.17) is 23.2 Å². The van der Waals surface area contributed by atoms with Gasteiger partial charge >= 0.3 is 0 Å². The predicted octanol–water partition coefficient (Wildman–Crippen LogP) is 3.46. The number of unbranched alkanes of at least 4 members (excludes halogenated alkanes) is 1. The summed E-state index contributed by atoms with van der Waals surface area (Å²) < 4.78 is 0. The molecule has 1 unspecified atom stereocenters. The number of halogens is 2. The van der Waals surface area contributed by atoms with Crippen molar-refractivity contribution in [2.45, 2.75) is 45.2 Å². The number of benzene rings is 1. The van der Waals surface area contributed by atoms with Crippen LogP contribution in [0.25, 0.3) is 0 Å². The van der Waals surface area contributed by atoms with Gasteiger partial charge in [-0.1, -0.05) is 43.0 Å². The molecule has 0 aliphatic heterocycles. The number of hydrogen-bond donors (Lipinski definition) is 3. The third-order valence-electron chi connectivity index (χ3n) is 3.17. The lowest BCUT2D eigenvalue weighted by Gasteiger charge is -2.20. The van der Waals surface area contributed by atoms with Crippen molar-refractivity contribution in [2.24, 2.45) is 0 Å². The molecule has 0 spiro atoms. The number of hydrogen-bond acceptors (Lipinski definition) is 3. The van der Waals surface area contributed by atoms with Gasteiger partial charge in [0.1, 0.15) is 6.04 Å². The van der Waals surface area contributed by atoms with Crippen LogP contribution >= 0.6 is 23.2 Å². The van der Waals surface area contributed by atoms with Crippen LogP contribution in [0.5, 0.6) is 0 Å². The van der Waals surface area contributed by atoms with Gasteiger partial charge in [-0.2, -0.15) is 0 Å². The highest BCUT2D eigenvalue weighted by atomic mass is 35.5. The van der Waals surface area contributed by atoms with Crippen molar-refractivity contribution in [3.05, 3.63) is 28.2 Å². The largest absolute Gasteiger partial charge is 0.394 e. The summed E-state index contributed by atoms with van der Waals surface area (Å²) in [6.45, 7) is 3.78. The summed E-state index contributed by atoms with van der Waals surface area (Å²) in [5, 5.41) is 16.1. The summed E-state index contributed by atoms with van der Waals surface area (Å²) >= 11 is 11.8. The van der Waals surface area contributed by atoms with Crippen molar-refractivity contribution in [3.8, 4) is 0 Å². The van der Waals surface area contributed by atoms with E-state index in [0.717, 1.165) is 24.9 Å². The Morgan fingerprint density at radius 1 is 1.33 bits per heavy atom. The standard InChI is InChI=1S/C15H22Cl2N2O2/c1-3-4-5-12(9-20)19-15(21)10(2)18-11-6-7-13(16)14(17)8-11/h6-8,10,12,18,20H,3-5,9H2,1-2H3,(H,19,21)/t10-,12?/m0/s1. The number of aliphatic hydroxyl groups is 1. The van der Waals surface area contributed by atoms with E-state index in [1.807, 2.05) is 0 Å². The van der Waals surface area contributed by atoms with Crippen LogP contribution in [0.1, 0.15) is 33.1 Å². The molecule has 1 aromatic carbocycles. The SMILES string of the molecule is CCCCC(CO)NC(=O)[C@H](C)Nc1ccc(Cl)c(Cl)c1. The first-order valence-corrected chi connectivity index (χ1v) is 7.86. The van der Waals surface area contributed by atoms with E-state index in [-0.39, 0.29) is 18.6 Å². The Bertz CT molecular complexity index is 469. The molecular weight excluding hydrogens is 311 g/mol. The van der Waals surface area contributed by atoms with Gasteiger partial charge in [-0.25, -0.2) is 0 Å². The second-order valence-corrected chi connectivity index (χ2v) is 5.84. The number of carbonyl (C=O) groups excluding carboxylic acids is 1. The van der Waals surface area contributed by atoms with Gasteiger partial charge in [-0.15, -0.1) is 0 Å². The minimum atomic E-state index is -0.432. The summed E-state index contributed by atoms with van der Waals surface area (Å²) in [4.78, 5) is 12.1. The van der Waals surface area contributed by atoms with Crippen molar-refractivity contribution in [2.75, 3.05) is 11.9 Å². The highest BCUT2D eigenvalue weighted by Crippen LogP contribution is 2.25. The zero-order chi connectivity index (χ0) is 15.8. The van der Waals surface area contributed by atoms with Crippen LogP contribution in [-0.2, 0) is 4.79 Å². The molecule has 0 saturated heterocycles. The van der Waals surface area contributed by atoms with Gasteiger partial charge in [-0.3, -0.25) is 4.79 Å². The maximum absolute atomic E-state index is 12.1. The third-order valence-corrected chi connectivity index (χ3v) is 3.91. The summed E-state index contributed by atoms with van der Waals surface area (Å²) in [5.74, 6) is -0.156. The molecule has 0 heterocycles. The number of carbonyl (C=O) groups is 1. The number of nitrogens with one attached hydrogen (secondary N) is 2. The van der Waals surface area contributed by atoms with Crippen molar-refractivity contribution < 1.29 is 9.90 Å². The fourth-order valence-corrected chi connectivity index (χ4v) is 2.19. The first kappa shape index (κ1) is 18.1. The molecule has 21 heavy (non-hydrogen) atoms. The third kappa shape index (κ3) is 6.12. The maximum Gasteiger partial charge on any atom is 0.242 e.